The molecule has 3 amide bonds. The molecule has 2 saturated carbocycles. The lowest BCUT2D eigenvalue weighted by molar-refractivity contribution is -0.160. The second-order valence-corrected chi connectivity index (χ2v) is 9.52. The molecule has 6 rings (SSSR count). The molecule has 0 aromatic heterocycles. The number of benzene rings is 1. The van der Waals surface area contributed by atoms with E-state index in [0.29, 0.717) is 30.4 Å². The Morgan fingerprint density at radius 2 is 1.70 bits per heavy atom. The van der Waals surface area contributed by atoms with Crippen LogP contribution in [-0.2, 0) is 23.9 Å². The van der Waals surface area contributed by atoms with Crippen molar-refractivity contribution >= 4 is 29.4 Å². The minimum Gasteiger partial charge on any atom is -0.454 e. The van der Waals surface area contributed by atoms with Gasteiger partial charge in [0.1, 0.15) is 11.9 Å². The SMILES string of the molecule is CCCC[C@H](C(=O)OCC(=O)Nc1ccc(F)cc1)N1C(=O)[C@@H]2[C@H]3C=C[C@@H]([C@@H]4C[C@@H]34)[C@H]2C1=O. The van der Waals surface area contributed by atoms with Crippen LogP contribution in [0.2, 0.25) is 0 Å². The van der Waals surface area contributed by atoms with Gasteiger partial charge in [0.15, 0.2) is 6.61 Å². The second kappa shape index (κ2) is 8.39. The minimum absolute atomic E-state index is 0.0794. The quantitative estimate of drug-likeness (QED) is 0.370. The fourth-order valence-electron chi connectivity index (χ4n) is 6.00. The highest BCUT2D eigenvalue weighted by Crippen LogP contribution is 2.65. The number of halogens is 1. The first-order valence-corrected chi connectivity index (χ1v) is 11.7. The van der Waals surface area contributed by atoms with E-state index >= 15 is 0 Å². The Kier molecular flexibility index (Phi) is 5.54. The van der Waals surface area contributed by atoms with Gasteiger partial charge >= 0.3 is 5.97 Å². The molecule has 8 heteroatoms. The van der Waals surface area contributed by atoms with Gasteiger partial charge in [0.2, 0.25) is 11.8 Å². The van der Waals surface area contributed by atoms with E-state index in [0.717, 1.165) is 17.7 Å². The van der Waals surface area contributed by atoms with Gasteiger partial charge in [-0.25, -0.2) is 9.18 Å². The fourth-order valence-corrected chi connectivity index (χ4v) is 6.00. The van der Waals surface area contributed by atoms with Crippen molar-refractivity contribution in [2.45, 2.75) is 38.6 Å². The number of amides is 3. The molecule has 4 aliphatic carbocycles. The van der Waals surface area contributed by atoms with Crippen LogP contribution in [-0.4, -0.2) is 41.2 Å². The molecule has 1 heterocycles. The first kappa shape index (κ1) is 21.8. The summed E-state index contributed by atoms with van der Waals surface area (Å²) in [5.41, 5.74) is 0.371. The molecule has 1 N–H and O–H groups in total. The first-order chi connectivity index (χ1) is 15.9. The maximum atomic E-state index is 13.4. The van der Waals surface area contributed by atoms with Crippen LogP contribution in [0.3, 0.4) is 0 Å². The molecule has 2 bridgehead atoms. The predicted molar refractivity (Wildman–Crippen MR) is 116 cm³/mol. The summed E-state index contributed by atoms with van der Waals surface area (Å²) in [6, 6.07) is 4.19. The number of rotatable bonds is 8. The van der Waals surface area contributed by atoms with Crippen molar-refractivity contribution in [1.29, 1.82) is 0 Å². The number of allylic oxidation sites excluding steroid dienone is 2. The Labute approximate surface area is 191 Å². The van der Waals surface area contributed by atoms with Crippen LogP contribution in [0.5, 0.6) is 0 Å². The molecule has 1 aromatic carbocycles. The van der Waals surface area contributed by atoms with E-state index < -0.39 is 30.3 Å². The second-order valence-electron chi connectivity index (χ2n) is 9.52. The lowest BCUT2D eigenvalue weighted by Crippen LogP contribution is -2.47. The number of likely N-dealkylation sites (tertiary alicyclic amines) is 1. The summed E-state index contributed by atoms with van der Waals surface area (Å²) in [5, 5.41) is 2.53. The normalized spacial score (nSPS) is 31.8. The molecule has 0 spiro atoms. The van der Waals surface area contributed by atoms with E-state index in [1.807, 2.05) is 6.92 Å². The van der Waals surface area contributed by atoms with Gasteiger partial charge in [-0.3, -0.25) is 19.3 Å². The average molecular weight is 454 g/mol. The number of carbonyl (C=O) groups excluding carboxylic acids is 4. The Morgan fingerprint density at radius 1 is 1.09 bits per heavy atom. The molecule has 7 atom stereocenters. The largest absolute Gasteiger partial charge is 0.454 e. The van der Waals surface area contributed by atoms with Crippen molar-refractivity contribution in [1.82, 2.24) is 4.90 Å². The zero-order chi connectivity index (χ0) is 23.3. The summed E-state index contributed by atoms with van der Waals surface area (Å²) < 4.78 is 18.3. The van der Waals surface area contributed by atoms with Crippen molar-refractivity contribution in [3.05, 3.63) is 42.2 Å². The van der Waals surface area contributed by atoms with Crippen LogP contribution < -0.4 is 5.32 Å². The highest BCUT2D eigenvalue weighted by molar-refractivity contribution is 6.09. The fraction of sp³-hybridized carbons (Fsp3) is 0.520. The molecule has 0 unspecified atom stereocenters. The molecular weight excluding hydrogens is 427 g/mol. The molecule has 1 aliphatic heterocycles. The standard InChI is InChI=1S/C25H27FN2O5/c1-2-3-4-19(25(32)33-12-20(29)27-14-7-5-13(26)6-8-14)28-23(30)21-15-9-10-16(18-11-17(15)18)22(21)24(28)31/h5-10,15-19,21-22H,2-4,11-12H2,1H3,(H,27,29)/t15-,16-,17-,18-,19+,21+,22+/m0/s1. The van der Waals surface area contributed by atoms with Crippen molar-refractivity contribution in [3.63, 3.8) is 0 Å². The number of imide groups is 1. The number of hydrogen-bond donors (Lipinski definition) is 1. The number of nitrogens with zero attached hydrogens (tertiary/aromatic N) is 1. The van der Waals surface area contributed by atoms with Crippen molar-refractivity contribution in [3.8, 4) is 0 Å². The monoisotopic (exact) mass is 454 g/mol. The molecule has 5 aliphatic rings. The van der Waals surface area contributed by atoms with Crippen LogP contribution in [0.15, 0.2) is 36.4 Å². The smallest absolute Gasteiger partial charge is 0.329 e. The first-order valence-electron chi connectivity index (χ1n) is 11.7. The van der Waals surface area contributed by atoms with Gasteiger partial charge in [-0.2, -0.15) is 0 Å². The van der Waals surface area contributed by atoms with E-state index in [1.165, 1.54) is 24.3 Å². The predicted octanol–water partition coefficient (Wildman–Crippen LogP) is 2.92. The van der Waals surface area contributed by atoms with Gasteiger partial charge in [0, 0.05) is 5.69 Å². The van der Waals surface area contributed by atoms with Crippen LogP contribution in [0.1, 0.15) is 32.6 Å². The van der Waals surface area contributed by atoms with Gasteiger partial charge in [0.05, 0.1) is 11.8 Å². The maximum Gasteiger partial charge on any atom is 0.329 e. The molecule has 0 radical (unpaired) electrons. The number of ether oxygens (including phenoxy) is 1. The number of unbranched alkanes of at least 4 members (excludes halogenated alkanes) is 1. The third-order valence-electron chi connectivity index (χ3n) is 7.59. The van der Waals surface area contributed by atoms with Gasteiger partial charge in [-0.15, -0.1) is 0 Å². The molecule has 1 saturated heterocycles. The number of hydrogen-bond acceptors (Lipinski definition) is 5. The van der Waals surface area contributed by atoms with Gasteiger partial charge in [-0.05, 0) is 60.8 Å². The van der Waals surface area contributed by atoms with Gasteiger partial charge in [-0.1, -0.05) is 31.9 Å². The Balaban J connectivity index is 1.27. The van der Waals surface area contributed by atoms with Crippen LogP contribution in [0.4, 0.5) is 10.1 Å². The van der Waals surface area contributed by atoms with Crippen molar-refractivity contribution < 1.29 is 28.3 Å². The Hall–Kier alpha value is -3.03. The number of nitrogens with one attached hydrogen (secondary N) is 1. The highest BCUT2D eigenvalue weighted by atomic mass is 19.1. The molecule has 174 valence electrons. The highest BCUT2D eigenvalue weighted by Gasteiger charge is 2.67. The summed E-state index contributed by atoms with van der Waals surface area (Å²) in [6.45, 7) is 1.41. The minimum atomic E-state index is -1.02. The van der Waals surface area contributed by atoms with Gasteiger partial charge in [0.25, 0.3) is 5.91 Å². The van der Waals surface area contributed by atoms with E-state index in [2.05, 4.69) is 17.5 Å². The number of anilines is 1. The van der Waals surface area contributed by atoms with E-state index in [1.54, 1.807) is 0 Å². The zero-order valence-electron chi connectivity index (χ0n) is 18.4. The third-order valence-corrected chi connectivity index (χ3v) is 7.59. The topological polar surface area (TPSA) is 92.8 Å². The van der Waals surface area contributed by atoms with E-state index in [9.17, 15) is 23.6 Å². The van der Waals surface area contributed by atoms with E-state index in [4.69, 9.17) is 4.74 Å². The lowest BCUT2D eigenvalue weighted by Gasteiger charge is -2.37. The number of carbonyl (C=O) groups is 4. The van der Waals surface area contributed by atoms with Crippen LogP contribution in [0.25, 0.3) is 0 Å². The third kappa shape index (κ3) is 3.75. The summed E-state index contributed by atoms with van der Waals surface area (Å²) in [4.78, 5) is 53.1. The van der Waals surface area contributed by atoms with Crippen LogP contribution in [0, 0.1) is 41.3 Å². The van der Waals surface area contributed by atoms with E-state index in [-0.39, 0.29) is 35.5 Å². The summed E-state index contributed by atoms with van der Waals surface area (Å²) >= 11 is 0. The summed E-state index contributed by atoms with van der Waals surface area (Å²) in [7, 11) is 0. The zero-order valence-corrected chi connectivity index (χ0v) is 18.4. The summed E-state index contributed by atoms with van der Waals surface area (Å²) in [5.74, 6) is -1.95. The molecular formula is C25H27FN2O5. The molecule has 1 aromatic rings. The van der Waals surface area contributed by atoms with Crippen LogP contribution >= 0.6 is 0 Å². The molecule has 33 heavy (non-hydrogen) atoms. The summed E-state index contributed by atoms with van der Waals surface area (Å²) in [6.07, 6.45) is 6.99. The molecule has 7 nitrogen and oxygen atoms in total. The van der Waals surface area contributed by atoms with Crippen molar-refractivity contribution in [2.24, 2.45) is 35.5 Å². The number of esters is 1. The average Bonchev–Trinajstić information content (AvgIpc) is 3.59. The Morgan fingerprint density at radius 3 is 2.27 bits per heavy atom. The van der Waals surface area contributed by atoms with Crippen molar-refractivity contribution in [2.75, 3.05) is 11.9 Å². The lowest BCUT2D eigenvalue weighted by atomic mass is 9.63. The maximum absolute atomic E-state index is 13.4. The Bertz CT molecular complexity index is 986. The van der Waals surface area contributed by atoms with Gasteiger partial charge < -0.3 is 10.1 Å². The molecule has 3 fully saturated rings.